The van der Waals surface area contributed by atoms with E-state index in [0.29, 0.717) is 12.4 Å². The fourth-order valence-corrected chi connectivity index (χ4v) is 3.53. The average Bonchev–Trinajstić information content (AvgIpc) is 3.21. The van der Waals surface area contributed by atoms with Gasteiger partial charge in [-0.25, -0.2) is 4.68 Å². The summed E-state index contributed by atoms with van der Waals surface area (Å²) in [7, 11) is 1.62. The molecule has 0 saturated carbocycles. The zero-order chi connectivity index (χ0) is 20.4. The zero-order valence-electron chi connectivity index (χ0n) is 16.3. The molecule has 29 heavy (non-hydrogen) atoms. The van der Waals surface area contributed by atoms with Crippen LogP contribution in [0.4, 0.5) is 5.82 Å². The van der Waals surface area contributed by atoms with Crippen molar-refractivity contribution in [2.24, 2.45) is 0 Å². The van der Waals surface area contributed by atoms with Gasteiger partial charge in [0.2, 0.25) is 5.91 Å². The lowest BCUT2D eigenvalue weighted by Gasteiger charge is -2.10. The number of carbonyl (C=O) groups is 2. The first-order chi connectivity index (χ1) is 14.1. The number of nitrogens with zero attached hydrogens (tertiary/aromatic N) is 2. The Labute approximate surface area is 168 Å². The smallest absolute Gasteiger partial charge is 0.251 e. The topological polar surface area (TPSA) is 85.2 Å². The Balaban J connectivity index is 1.51. The van der Waals surface area contributed by atoms with Gasteiger partial charge in [-0.15, -0.1) is 0 Å². The molecule has 0 saturated heterocycles. The quantitative estimate of drug-likeness (QED) is 0.677. The summed E-state index contributed by atoms with van der Waals surface area (Å²) in [5.74, 6) is 0.962. The Morgan fingerprint density at radius 3 is 2.59 bits per heavy atom. The van der Waals surface area contributed by atoms with Crippen LogP contribution in [0.25, 0.3) is 11.1 Å². The summed E-state index contributed by atoms with van der Waals surface area (Å²) in [5, 5.41) is 10.3. The molecule has 0 fully saturated rings. The van der Waals surface area contributed by atoms with Crippen LogP contribution in [0.3, 0.4) is 0 Å². The lowest BCUT2D eigenvalue weighted by atomic mass is 10.1. The number of benzene rings is 2. The summed E-state index contributed by atoms with van der Waals surface area (Å²) in [4.78, 5) is 24.9. The number of aromatic nitrogens is 2. The van der Waals surface area contributed by atoms with Gasteiger partial charge in [-0.1, -0.05) is 42.5 Å². The van der Waals surface area contributed by atoms with Crippen molar-refractivity contribution in [3.63, 3.8) is 0 Å². The number of hydrogen-bond donors (Lipinski definition) is 2. The summed E-state index contributed by atoms with van der Waals surface area (Å²) in [6.45, 7) is 2.32. The number of ether oxygens (including phenoxy) is 1. The minimum Gasteiger partial charge on any atom is -0.497 e. The highest BCUT2D eigenvalue weighted by molar-refractivity contribution is 6.03. The van der Waals surface area contributed by atoms with E-state index in [4.69, 9.17) is 4.74 Å². The largest absolute Gasteiger partial charge is 0.497 e. The van der Waals surface area contributed by atoms with E-state index in [1.165, 1.54) is 0 Å². The first kappa shape index (κ1) is 18.7. The predicted molar refractivity (Wildman–Crippen MR) is 110 cm³/mol. The molecule has 2 heterocycles. The van der Waals surface area contributed by atoms with E-state index >= 15 is 0 Å². The summed E-state index contributed by atoms with van der Waals surface area (Å²) < 4.78 is 6.83. The molecule has 1 aliphatic heterocycles. The molecule has 0 bridgehead atoms. The molecule has 0 radical (unpaired) electrons. The number of anilines is 1. The standard InChI is InChI=1S/C22H22N4O3/c1-14-20(16-8-10-17(29-2)11-9-16)21-24-22(28)18(26(21)25-14)12-19(27)23-13-15-6-4-3-5-7-15/h3-11,18H,12-13H2,1-2H3,(H,23,27)(H,24,28). The van der Waals surface area contributed by atoms with Crippen molar-refractivity contribution in [2.45, 2.75) is 25.9 Å². The number of methoxy groups -OCH3 is 1. The Hall–Kier alpha value is -3.61. The van der Waals surface area contributed by atoms with Crippen molar-refractivity contribution in [2.75, 3.05) is 12.4 Å². The van der Waals surface area contributed by atoms with Gasteiger partial charge in [0.1, 0.15) is 17.6 Å². The van der Waals surface area contributed by atoms with Crippen molar-refractivity contribution in [1.82, 2.24) is 15.1 Å². The minimum absolute atomic E-state index is 0.0365. The summed E-state index contributed by atoms with van der Waals surface area (Å²) in [5.41, 5.74) is 3.58. The number of carbonyl (C=O) groups excluding carboxylic acids is 2. The second-order valence-electron chi connectivity index (χ2n) is 6.95. The highest BCUT2D eigenvalue weighted by Crippen LogP contribution is 2.38. The third-order valence-electron chi connectivity index (χ3n) is 5.01. The summed E-state index contributed by atoms with van der Waals surface area (Å²) in [6.07, 6.45) is 0.0365. The molecule has 0 spiro atoms. The fourth-order valence-electron chi connectivity index (χ4n) is 3.53. The van der Waals surface area contributed by atoms with E-state index in [1.807, 2.05) is 61.5 Å². The summed E-state index contributed by atoms with van der Waals surface area (Å²) in [6, 6.07) is 16.6. The number of aryl methyl sites for hydroxylation is 1. The van der Waals surface area contributed by atoms with Gasteiger partial charge in [0, 0.05) is 12.1 Å². The lowest BCUT2D eigenvalue weighted by Crippen LogP contribution is -2.28. The first-order valence-corrected chi connectivity index (χ1v) is 9.42. The molecule has 1 unspecified atom stereocenters. The van der Waals surface area contributed by atoms with E-state index in [0.717, 1.165) is 28.1 Å². The molecule has 1 aromatic heterocycles. The van der Waals surface area contributed by atoms with Crippen molar-refractivity contribution >= 4 is 17.6 Å². The van der Waals surface area contributed by atoms with Gasteiger partial charge < -0.3 is 15.4 Å². The molecular weight excluding hydrogens is 368 g/mol. The van der Waals surface area contributed by atoms with Crippen LogP contribution < -0.4 is 15.4 Å². The second kappa shape index (κ2) is 7.79. The maximum atomic E-state index is 12.5. The van der Waals surface area contributed by atoms with E-state index < -0.39 is 6.04 Å². The molecular formula is C22H22N4O3. The zero-order valence-corrected chi connectivity index (χ0v) is 16.3. The van der Waals surface area contributed by atoms with Gasteiger partial charge in [-0.2, -0.15) is 5.10 Å². The van der Waals surface area contributed by atoms with Crippen LogP contribution in [0.2, 0.25) is 0 Å². The maximum absolute atomic E-state index is 12.5. The number of amides is 2. The third kappa shape index (κ3) is 3.71. The SMILES string of the molecule is COc1ccc(-c2c(C)nn3c2NC(=O)C3CC(=O)NCc2ccccc2)cc1. The molecule has 2 aromatic carbocycles. The van der Waals surface area contributed by atoms with Crippen molar-refractivity contribution in [1.29, 1.82) is 0 Å². The van der Waals surface area contributed by atoms with Gasteiger partial charge in [0.15, 0.2) is 0 Å². The van der Waals surface area contributed by atoms with Gasteiger partial charge in [0.25, 0.3) is 5.91 Å². The fraction of sp³-hybridized carbons (Fsp3) is 0.227. The van der Waals surface area contributed by atoms with Crippen molar-refractivity contribution < 1.29 is 14.3 Å². The van der Waals surface area contributed by atoms with E-state index in [-0.39, 0.29) is 18.2 Å². The maximum Gasteiger partial charge on any atom is 0.251 e. The van der Waals surface area contributed by atoms with E-state index in [9.17, 15) is 9.59 Å². The van der Waals surface area contributed by atoms with Crippen LogP contribution in [0.5, 0.6) is 5.75 Å². The minimum atomic E-state index is -0.661. The van der Waals surface area contributed by atoms with E-state index in [2.05, 4.69) is 15.7 Å². The van der Waals surface area contributed by atoms with Gasteiger partial charge >= 0.3 is 0 Å². The molecule has 2 amide bonds. The molecule has 1 aliphatic rings. The number of fused-ring (bicyclic) bond motifs is 1. The van der Waals surface area contributed by atoms with Gasteiger partial charge in [0.05, 0.1) is 19.2 Å². The Morgan fingerprint density at radius 2 is 1.90 bits per heavy atom. The third-order valence-corrected chi connectivity index (χ3v) is 5.01. The van der Waals surface area contributed by atoms with Crippen molar-refractivity contribution in [3.8, 4) is 16.9 Å². The predicted octanol–water partition coefficient (Wildman–Crippen LogP) is 3.07. The van der Waals surface area contributed by atoms with Crippen LogP contribution >= 0.6 is 0 Å². The highest BCUT2D eigenvalue weighted by Gasteiger charge is 2.36. The van der Waals surface area contributed by atoms with Crippen LogP contribution in [-0.2, 0) is 16.1 Å². The summed E-state index contributed by atoms with van der Waals surface area (Å²) >= 11 is 0. The monoisotopic (exact) mass is 390 g/mol. The van der Waals surface area contributed by atoms with Crippen LogP contribution in [0.15, 0.2) is 54.6 Å². The van der Waals surface area contributed by atoms with Crippen LogP contribution in [0.1, 0.15) is 23.7 Å². The molecule has 2 N–H and O–H groups in total. The Bertz CT molecular complexity index is 1040. The highest BCUT2D eigenvalue weighted by atomic mass is 16.5. The first-order valence-electron chi connectivity index (χ1n) is 9.42. The molecule has 0 aliphatic carbocycles. The molecule has 7 nitrogen and oxygen atoms in total. The molecule has 7 heteroatoms. The Morgan fingerprint density at radius 1 is 1.17 bits per heavy atom. The molecule has 4 rings (SSSR count). The number of rotatable bonds is 6. The van der Waals surface area contributed by atoms with E-state index in [1.54, 1.807) is 11.8 Å². The Kier molecular flexibility index (Phi) is 5.03. The van der Waals surface area contributed by atoms with Crippen molar-refractivity contribution in [3.05, 3.63) is 65.9 Å². The van der Waals surface area contributed by atoms with Gasteiger partial charge in [-0.3, -0.25) is 9.59 Å². The average molecular weight is 390 g/mol. The lowest BCUT2D eigenvalue weighted by molar-refractivity contribution is -0.126. The van der Waals surface area contributed by atoms with Crippen LogP contribution in [-0.4, -0.2) is 28.7 Å². The number of hydrogen-bond acceptors (Lipinski definition) is 4. The van der Waals surface area contributed by atoms with Crippen LogP contribution in [0, 0.1) is 6.92 Å². The van der Waals surface area contributed by atoms with Gasteiger partial charge in [-0.05, 0) is 30.2 Å². The molecule has 148 valence electrons. The normalized spacial score (nSPS) is 15.0. The molecule has 1 atom stereocenters. The second-order valence-corrected chi connectivity index (χ2v) is 6.95. The number of nitrogens with one attached hydrogen (secondary N) is 2. The molecule has 3 aromatic rings.